The highest BCUT2D eigenvalue weighted by Gasteiger charge is 2.19. The van der Waals surface area contributed by atoms with Crippen molar-refractivity contribution in [3.8, 4) is 0 Å². The molecule has 0 saturated heterocycles. The van der Waals surface area contributed by atoms with Crippen LogP contribution in [0.3, 0.4) is 0 Å². The fourth-order valence-corrected chi connectivity index (χ4v) is 2.73. The van der Waals surface area contributed by atoms with Crippen LogP contribution in [-0.2, 0) is 17.9 Å². The number of fused-ring (bicyclic) bond motifs is 1. The molecule has 0 amide bonds. The summed E-state index contributed by atoms with van der Waals surface area (Å²) in [7, 11) is 3.53. The first-order valence-corrected chi connectivity index (χ1v) is 9.25. The molecule has 0 spiro atoms. The van der Waals surface area contributed by atoms with E-state index in [1.807, 2.05) is 6.92 Å². The van der Waals surface area contributed by atoms with Gasteiger partial charge in [0, 0.05) is 26.0 Å². The van der Waals surface area contributed by atoms with Crippen molar-refractivity contribution in [3.63, 3.8) is 0 Å². The third-order valence-corrected chi connectivity index (χ3v) is 4.20. The highest BCUT2D eigenvalue weighted by Crippen LogP contribution is 2.15. The normalized spacial score (nSPS) is 10.9. The Morgan fingerprint density at radius 3 is 2.59 bits per heavy atom. The maximum atomic E-state index is 12.8. The lowest BCUT2D eigenvalue weighted by atomic mass is 10.1. The fraction of sp³-hybridized carbons (Fsp3) is 0.368. The van der Waals surface area contributed by atoms with E-state index in [2.05, 4.69) is 20.1 Å². The molecule has 2 N–H and O–H groups in total. The lowest BCUT2D eigenvalue weighted by Gasteiger charge is -2.12. The molecule has 0 bridgehead atoms. The summed E-state index contributed by atoms with van der Waals surface area (Å²) in [6, 6.07) is 6.84. The number of nitrogen functional groups attached to an aromatic ring is 1. The summed E-state index contributed by atoms with van der Waals surface area (Å²) in [6.07, 6.45) is 1.67. The average Bonchev–Trinajstić information content (AvgIpc) is 2.71. The van der Waals surface area contributed by atoms with Crippen molar-refractivity contribution >= 4 is 28.6 Å². The Labute approximate surface area is 167 Å². The van der Waals surface area contributed by atoms with E-state index >= 15 is 0 Å². The third-order valence-electron chi connectivity index (χ3n) is 4.20. The monoisotopic (exact) mass is 397 g/mol. The Morgan fingerprint density at radius 2 is 1.90 bits per heavy atom. The number of aromatic nitrogens is 5. The van der Waals surface area contributed by atoms with Crippen LogP contribution in [-0.4, -0.2) is 44.8 Å². The molecule has 0 aliphatic heterocycles. The van der Waals surface area contributed by atoms with Crippen LogP contribution in [0, 0.1) is 0 Å². The number of benzene rings is 1. The van der Waals surface area contributed by atoms with Crippen molar-refractivity contribution < 1.29 is 9.53 Å². The van der Waals surface area contributed by atoms with Crippen LogP contribution < -0.4 is 16.2 Å². The van der Waals surface area contributed by atoms with Gasteiger partial charge in [0.05, 0.1) is 5.39 Å². The molecule has 1 aromatic carbocycles. The van der Waals surface area contributed by atoms with Gasteiger partial charge in [0.1, 0.15) is 0 Å². The predicted molar refractivity (Wildman–Crippen MR) is 109 cm³/mol. The molecule has 152 valence electrons. The molecular weight excluding hydrogens is 374 g/mol. The van der Waals surface area contributed by atoms with Gasteiger partial charge in [0.2, 0.25) is 11.9 Å². The second-order valence-corrected chi connectivity index (χ2v) is 6.66. The Kier molecular flexibility index (Phi) is 6.01. The van der Waals surface area contributed by atoms with Crippen molar-refractivity contribution in [2.75, 3.05) is 24.7 Å². The van der Waals surface area contributed by atoms with Crippen molar-refractivity contribution in [1.29, 1.82) is 0 Å². The molecule has 29 heavy (non-hydrogen) atoms. The van der Waals surface area contributed by atoms with Crippen LogP contribution in [0.25, 0.3) is 10.8 Å². The van der Waals surface area contributed by atoms with Gasteiger partial charge in [-0.3, -0.25) is 4.79 Å². The van der Waals surface area contributed by atoms with Gasteiger partial charge in [-0.1, -0.05) is 31.5 Å². The quantitative estimate of drug-likeness (QED) is 0.588. The number of anilines is 2. The number of hydrogen-bond acceptors (Lipinski definition) is 9. The summed E-state index contributed by atoms with van der Waals surface area (Å²) in [5, 5.41) is 5.12. The van der Waals surface area contributed by atoms with Crippen molar-refractivity contribution in [1.82, 2.24) is 24.7 Å². The Hall–Kier alpha value is -3.56. The van der Waals surface area contributed by atoms with Gasteiger partial charge in [0.15, 0.2) is 18.1 Å². The molecule has 0 aliphatic carbocycles. The van der Waals surface area contributed by atoms with Gasteiger partial charge >= 0.3 is 5.97 Å². The largest absolute Gasteiger partial charge is 0.453 e. The maximum Gasteiger partial charge on any atom is 0.359 e. The molecule has 2 heterocycles. The van der Waals surface area contributed by atoms with Crippen LogP contribution >= 0.6 is 0 Å². The molecule has 0 fully saturated rings. The summed E-state index contributed by atoms with van der Waals surface area (Å²) in [6.45, 7) is 2.25. The molecule has 3 rings (SSSR count). The predicted octanol–water partition coefficient (Wildman–Crippen LogP) is 1.39. The minimum absolute atomic E-state index is 0.0337. The molecule has 10 heteroatoms. The highest BCUT2D eigenvalue weighted by atomic mass is 16.5. The van der Waals surface area contributed by atoms with E-state index in [0.29, 0.717) is 23.3 Å². The molecule has 0 unspecified atom stereocenters. The number of carbonyl (C=O) groups is 1. The van der Waals surface area contributed by atoms with Crippen LogP contribution in [0.15, 0.2) is 29.1 Å². The summed E-state index contributed by atoms with van der Waals surface area (Å²) >= 11 is 0. The lowest BCUT2D eigenvalue weighted by molar-refractivity contribution is 0.0454. The van der Waals surface area contributed by atoms with E-state index < -0.39 is 5.97 Å². The summed E-state index contributed by atoms with van der Waals surface area (Å²) in [4.78, 5) is 39.3. The van der Waals surface area contributed by atoms with Crippen LogP contribution in [0.4, 0.5) is 11.9 Å². The highest BCUT2D eigenvalue weighted by molar-refractivity contribution is 6.02. The Morgan fingerprint density at radius 1 is 1.17 bits per heavy atom. The summed E-state index contributed by atoms with van der Waals surface area (Å²) < 4.78 is 6.68. The lowest BCUT2D eigenvalue weighted by Crippen LogP contribution is -2.26. The molecule has 0 radical (unpaired) electrons. The molecule has 0 aliphatic rings. The zero-order chi connectivity index (χ0) is 21.0. The first-order chi connectivity index (χ1) is 13.9. The van der Waals surface area contributed by atoms with Crippen LogP contribution in [0.2, 0.25) is 0 Å². The fourth-order valence-electron chi connectivity index (χ4n) is 2.73. The smallest absolute Gasteiger partial charge is 0.359 e. The zero-order valence-corrected chi connectivity index (χ0v) is 16.6. The molecular formula is C19H23N7O3. The van der Waals surface area contributed by atoms with Crippen molar-refractivity contribution in [2.24, 2.45) is 0 Å². The van der Waals surface area contributed by atoms with E-state index in [1.165, 1.54) is 4.68 Å². The van der Waals surface area contributed by atoms with Gasteiger partial charge in [0.25, 0.3) is 5.56 Å². The Balaban J connectivity index is 1.91. The van der Waals surface area contributed by atoms with Crippen LogP contribution in [0.5, 0.6) is 0 Å². The van der Waals surface area contributed by atoms with Gasteiger partial charge in [-0.05, 0) is 12.5 Å². The van der Waals surface area contributed by atoms with Crippen LogP contribution in [0.1, 0.15) is 36.1 Å². The summed E-state index contributed by atoms with van der Waals surface area (Å²) in [5.74, 6) is -0.0540. The molecule has 0 saturated carbocycles. The number of ether oxygens (including phenoxy) is 1. The second-order valence-electron chi connectivity index (χ2n) is 6.66. The van der Waals surface area contributed by atoms with E-state index in [9.17, 15) is 9.59 Å². The first kappa shape index (κ1) is 20.2. The standard InChI is InChI=1S/C19H23N7O3/c1-4-5-10-26-16(27)13-9-7-6-8-12(13)15(24-26)17(28)29-11-14-21-18(20)23-19(22-14)25(2)3/h6-9H,4-5,10-11H2,1-3H3,(H2,20,21,22,23). The van der Waals surface area contributed by atoms with E-state index in [-0.39, 0.29) is 29.6 Å². The average molecular weight is 397 g/mol. The molecule has 3 aromatic rings. The SMILES string of the molecule is CCCCn1nc(C(=O)OCc2nc(N)nc(N(C)C)n2)c2ccccc2c1=O. The van der Waals surface area contributed by atoms with Gasteiger partial charge in [-0.25, -0.2) is 9.48 Å². The van der Waals surface area contributed by atoms with Gasteiger partial charge in [-0.15, -0.1) is 0 Å². The van der Waals surface area contributed by atoms with E-state index in [0.717, 1.165) is 12.8 Å². The van der Waals surface area contributed by atoms with Gasteiger partial charge in [-0.2, -0.15) is 20.1 Å². The number of aryl methyl sites for hydroxylation is 1. The second kappa shape index (κ2) is 8.63. The van der Waals surface area contributed by atoms with E-state index in [1.54, 1.807) is 43.3 Å². The number of rotatable bonds is 7. The number of esters is 1. The number of carbonyl (C=O) groups excluding carboxylic acids is 1. The molecule has 0 atom stereocenters. The maximum absolute atomic E-state index is 12.8. The first-order valence-electron chi connectivity index (χ1n) is 9.25. The van der Waals surface area contributed by atoms with E-state index in [4.69, 9.17) is 10.5 Å². The minimum atomic E-state index is -0.670. The zero-order valence-electron chi connectivity index (χ0n) is 16.6. The number of unbranched alkanes of at least 4 members (excludes halogenated alkanes) is 1. The third kappa shape index (κ3) is 4.48. The number of nitrogens with two attached hydrogens (primary N) is 1. The van der Waals surface area contributed by atoms with Crippen molar-refractivity contribution in [2.45, 2.75) is 32.9 Å². The minimum Gasteiger partial charge on any atom is -0.453 e. The van der Waals surface area contributed by atoms with Crippen molar-refractivity contribution in [3.05, 3.63) is 46.1 Å². The number of nitrogens with zero attached hydrogens (tertiary/aromatic N) is 6. The molecule has 10 nitrogen and oxygen atoms in total. The summed E-state index contributed by atoms with van der Waals surface area (Å²) in [5.41, 5.74) is 5.54. The number of hydrogen-bond donors (Lipinski definition) is 1. The topological polar surface area (TPSA) is 129 Å². The Bertz CT molecular complexity index is 1090. The van der Waals surface area contributed by atoms with Gasteiger partial charge < -0.3 is 15.4 Å². The molecule has 2 aromatic heterocycles.